The maximum Gasteiger partial charge on any atom is 0.111 e. The van der Waals surface area contributed by atoms with Crippen LogP contribution in [0.2, 0.25) is 0 Å². The number of halogens is 1. The van der Waals surface area contributed by atoms with Crippen molar-refractivity contribution in [2.45, 2.75) is 32.2 Å². The molecule has 0 radical (unpaired) electrons. The summed E-state index contributed by atoms with van der Waals surface area (Å²) < 4.78 is 7.88. The van der Waals surface area contributed by atoms with Gasteiger partial charge in [0.05, 0.1) is 11.0 Å². The Kier molecular flexibility index (Phi) is 4.27. The molecular weight excluding hydrogens is 272 g/mol. The van der Waals surface area contributed by atoms with Gasteiger partial charge in [0.2, 0.25) is 0 Å². The first kappa shape index (κ1) is 13.9. The summed E-state index contributed by atoms with van der Waals surface area (Å²) in [5.41, 5.74) is 2.30. The largest absolute Gasteiger partial charge is 0.381 e. The van der Waals surface area contributed by atoms with Crippen LogP contribution < -0.4 is 0 Å². The zero-order valence-corrected chi connectivity index (χ0v) is 12.6. The third-order valence-electron chi connectivity index (χ3n) is 4.34. The molecule has 0 N–H and O–H groups in total. The summed E-state index contributed by atoms with van der Waals surface area (Å²) in [7, 11) is 0. The van der Waals surface area contributed by atoms with Crippen molar-refractivity contribution in [1.29, 1.82) is 0 Å². The van der Waals surface area contributed by atoms with Crippen molar-refractivity contribution in [3.8, 4) is 0 Å². The summed E-state index contributed by atoms with van der Waals surface area (Å²) in [4.78, 5) is 4.77. The van der Waals surface area contributed by atoms with Crippen LogP contribution in [0.15, 0.2) is 24.3 Å². The number of para-hydroxylation sites is 2. The van der Waals surface area contributed by atoms with Gasteiger partial charge >= 0.3 is 0 Å². The summed E-state index contributed by atoms with van der Waals surface area (Å²) >= 11 is 5.95. The summed E-state index contributed by atoms with van der Waals surface area (Å²) in [6.45, 7) is 4.07. The van der Waals surface area contributed by atoms with Crippen LogP contribution in [0, 0.1) is 5.92 Å². The molecule has 1 aromatic carbocycles. The van der Waals surface area contributed by atoms with Crippen LogP contribution in [0.3, 0.4) is 0 Å². The molecule has 0 saturated carbocycles. The van der Waals surface area contributed by atoms with Gasteiger partial charge in [-0.05, 0) is 37.8 Å². The lowest BCUT2D eigenvalue weighted by Crippen LogP contribution is -2.25. The number of ether oxygens (including phenoxy) is 1. The number of aromatic nitrogens is 2. The Hall–Kier alpha value is -1.06. The van der Waals surface area contributed by atoms with E-state index in [0.29, 0.717) is 17.8 Å². The monoisotopic (exact) mass is 292 g/mol. The topological polar surface area (TPSA) is 27.1 Å². The summed E-state index contributed by atoms with van der Waals surface area (Å²) in [6.07, 6.45) is 3.09. The Morgan fingerprint density at radius 2 is 2.10 bits per heavy atom. The highest BCUT2D eigenvalue weighted by Gasteiger charge is 2.25. The van der Waals surface area contributed by atoms with Crippen LogP contribution in [-0.2, 0) is 11.2 Å². The first-order valence-corrected chi connectivity index (χ1v) is 7.94. The van der Waals surface area contributed by atoms with E-state index in [-0.39, 0.29) is 0 Å². The number of rotatable bonds is 4. The van der Waals surface area contributed by atoms with Gasteiger partial charge in [-0.3, -0.25) is 0 Å². The predicted molar refractivity (Wildman–Crippen MR) is 82.4 cm³/mol. The average Bonchev–Trinajstić information content (AvgIpc) is 2.86. The Bertz CT molecular complexity index is 575. The van der Waals surface area contributed by atoms with E-state index in [9.17, 15) is 0 Å². The van der Waals surface area contributed by atoms with E-state index < -0.39 is 0 Å². The van der Waals surface area contributed by atoms with Gasteiger partial charge in [-0.25, -0.2) is 4.98 Å². The van der Waals surface area contributed by atoms with Gasteiger partial charge in [0, 0.05) is 31.6 Å². The summed E-state index contributed by atoms with van der Waals surface area (Å²) in [6, 6.07) is 8.82. The molecule has 0 aliphatic carbocycles. The second kappa shape index (κ2) is 6.15. The summed E-state index contributed by atoms with van der Waals surface area (Å²) in [5, 5.41) is 0. The minimum absolute atomic E-state index is 0.449. The van der Waals surface area contributed by atoms with Crippen molar-refractivity contribution < 1.29 is 4.74 Å². The lowest BCUT2D eigenvalue weighted by molar-refractivity contribution is 0.0515. The van der Waals surface area contributed by atoms with Crippen LogP contribution in [0.1, 0.15) is 31.6 Å². The molecule has 0 amide bonds. The SMILES string of the molecule is CC(C1CCOCC1)n1c(CCCl)nc2ccccc21. The molecule has 0 bridgehead atoms. The second-order valence-electron chi connectivity index (χ2n) is 5.52. The van der Waals surface area contributed by atoms with Gasteiger partial charge in [0.1, 0.15) is 5.82 Å². The predicted octanol–water partition coefficient (Wildman–Crippen LogP) is 3.81. The van der Waals surface area contributed by atoms with E-state index in [2.05, 4.69) is 29.7 Å². The van der Waals surface area contributed by atoms with Crippen molar-refractivity contribution in [2.24, 2.45) is 5.92 Å². The van der Waals surface area contributed by atoms with E-state index in [1.54, 1.807) is 0 Å². The molecule has 3 nitrogen and oxygen atoms in total. The zero-order valence-electron chi connectivity index (χ0n) is 11.9. The molecule has 2 heterocycles. The molecule has 1 aromatic heterocycles. The number of aryl methyl sites for hydroxylation is 1. The fraction of sp³-hybridized carbons (Fsp3) is 0.562. The Balaban J connectivity index is 2.00. The molecule has 1 atom stereocenters. The molecule has 0 spiro atoms. The Morgan fingerprint density at radius 3 is 2.85 bits per heavy atom. The van der Waals surface area contributed by atoms with Crippen molar-refractivity contribution in [1.82, 2.24) is 9.55 Å². The Morgan fingerprint density at radius 1 is 1.35 bits per heavy atom. The maximum absolute atomic E-state index is 5.95. The number of imidazole rings is 1. The number of benzene rings is 1. The standard InChI is InChI=1S/C16H21ClN2O/c1-12(13-7-10-20-11-8-13)19-15-5-3-2-4-14(15)18-16(19)6-9-17/h2-5,12-13H,6-11H2,1H3. The number of fused-ring (bicyclic) bond motifs is 1. The number of hydrogen-bond donors (Lipinski definition) is 0. The van der Waals surface area contributed by atoms with E-state index in [0.717, 1.165) is 43.8 Å². The molecule has 20 heavy (non-hydrogen) atoms. The van der Waals surface area contributed by atoms with Crippen LogP contribution in [0.4, 0.5) is 0 Å². The molecule has 1 unspecified atom stereocenters. The van der Waals surface area contributed by atoms with Crippen molar-refractivity contribution in [3.05, 3.63) is 30.1 Å². The van der Waals surface area contributed by atoms with Gasteiger partial charge in [0.25, 0.3) is 0 Å². The maximum atomic E-state index is 5.95. The van der Waals surface area contributed by atoms with Gasteiger partial charge in [-0.2, -0.15) is 0 Å². The molecular formula is C16H21ClN2O. The molecule has 1 aliphatic rings. The minimum Gasteiger partial charge on any atom is -0.381 e. The number of alkyl halides is 1. The molecule has 3 rings (SSSR count). The number of nitrogens with zero attached hydrogens (tertiary/aromatic N) is 2. The highest BCUT2D eigenvalue weighted by atomic mass is 35.5. The minimum atomic E-state index is 0.449. The first-order chi connectivity index (χ1) is 9.81. The molecule has 1 saturated heterocycles. The molecule has 108 valence electrons. The highest BCUT2D eigenvalue weighted by molar-refractivity contribution is 6.17. The van der Waals surface area contributed by atoms with E-state index >= 15 is 0 Å². The van der Waals surface area contributed by atoms with E-state index in [1.165, 1.54) is 5.52 Å². The zero-order chi connectivity index (χ0) is 13.9. The molecule has 1 fully saturated rings. The normalized spacial score (nSPS) is 18.5. The van der Waals surface area contributed by atoms with E-state index in [4.69, 9.17) is 21.3 Å². The quantitative estimate of drug-likeness (QED) is 0.801. The molecule has 2 aromatic rings. The van der Waals surface area contributed by atoms with Crippen molar-refractivity contribution in [2.75, 3.05) is 19.1 Å². The van der Waals surface area contributed by atoms with Crippen molar-refractivity contribution >= 4 is 22.6 Å². The summed E-state index contributed by atoms with van der Waals surface area (Å²) in [5.74, 6) is 2.39. The smallest absolute Gasteiger partial charge is 0.111 e. The van der Waals surface area contributed by atoms with Gasteiger partial charge in [-0.15, -0.1) is 11.6 Å². The van der Waals surface area contributed by atoms with Gasteiger partial charge in [-0.1, -0.05) is 12.1 Å². The van der Waals surface area contributed by atoms with Gasteiger partial charge < -0.3 is 9.30 Å². The third-order valence-corrected chi connectivity index (χ3v) is 4.53. The lowest BCUT2D eigenvalue weighted by atomic mass is 9.92. The molecule has 1 aliphatic heterocycles. The van der Waals surface area contributed by atoms with Crippen LogP contribution in [-0.4, -0.2) is 28.6 Å². The van der Waals surface area contributed by atoms with Crippen LogP contribution in [0.25, 0.3) is 11.0 Å². The van der Waals surface area contributed by atoms with E-state index in [1.807, 2.05) is 6.07 Å². The fourth-order valence-electron chi connectivity index (χ4n) is 3.22. The number of hydrogen-bond acceptors (Lipinski definition) is 2. The second-order valence-corrected chi connectivity index (χ2v) is 5.89. The van der Waals surface area contributed by atoms with Crippen molar-refractivity contribution in [3.63, 3.8) is 0 Å². The third kappa shape index (κ3) is 2.57. The fourth-order valence-corrected chi connectivity index (χ4v) is 3.39. The molecule has 4 heteroatoms. The van der Waals surface area contributed by atoms with Gasteiger partial charge in [0.15, 0.2) is 0 Å². The lowest BCUT2D eigenvalue weighted by Gasteiger charge is -2.30. The highest BCUT2D eigenvalue weighted by Crippen LogP contribution is 2.31. The Labute approximate surface area is 124 Å². The van der Waals surface area contributed by atoms with Crippen LogP contribution in [0.5, 0.6) is 0 Å². The first-order valence-electron chi connectivity index (χ1n) is 7.41. The van der Waals surface area contributed by atoms with Crippen LogP contribution >= 0.6 is 11.6 Å². The average molecular weight is 293 g/mol.